The predicted octanol–water partition coefficient (Wildman–Crippen LogP) is 20.1. The molecule has 0 saturated heterocycles. The van der Waals surface area contributed by atoms with Crippen LogP contribution in [0.5, 0.6) is 57.5 Å². The molecule has 27 nitrogen and oxygen atoms in total. The number of ether oxygens (including phenoxy) is 6. The van der Waals surface area contributed by atoms with Gasteiger partial charge in [0.2, 0.25) is 0 Å². The zero-order valence-corrected chi connectivity index (χ0v) is 93.3. The summed E-state index contributed by atoms with van der Waals surface area (Å²) in [5.74, 6) is 6.86. The smallest absolute Gasteiger partial charge is 1.00 e. The number of rotatable bonds is 27. The first-order valence-electron chi connectivity index (χ1n) is 40.8. The summed E-state index contributed by atoms with van der Waals surface area (Å²) in [6, 6.07) is 68.6. The Bertz CT molecular complexity index is 6260. The molecule has 11 rings (SSSR count). The number of aromatic hydroxyl groups is 4. The number of phenolic OH excluding ortho intramolecular Hbond substituents is 4. The van der Waals surface area contributed by atoms with Crippen molar-refractivity contribution in [1.29, 1.82) is 31.6 Å². The van der Waals surface area contributed by atoms with Gasteiger partial charge in [0.1, 0.15) is 134 Å². The number of aliphatic hydroxyl groups is 1. The van der Waals surface area contributed by atoms with Gasteiger partial charge in [-0.25, -0.2) is 13.4 Å². The molecule has 0 saturated carbocycles. The third-order valence-corrected chi connectivity index (χ3v) is 23.0. The van der Waals surface area contributed by atoms with Gasteiger partial charge in [-0.2, -0.15) is 60.3 Å². The molecule has 40 heteroatoms. The second-order valence-corrected chi connectivity index (χ2v) is 37.3. The number of alkyl halides is 7. The number of oxazole rings is 1. The molecule has 1 aromatic heterocycles. The van der Waals surface area contributed by atoms with Gasteiger partial charge in [-0.1, -0.05) is 108 Å². The number of nitriles is 6. The SMILES string of the molecule is CC(C)(O)c1ccc(OCCCl)c(C#N)c1.CC(C)(c1ccc(O)c(Br)c1)c1ccc(OCCCl)c(C#N)c1.CC(C)(c1ccc(O)c(C#N)c1)c1ccc(OCCCl)c(C#N)c1.CC(C)(c1ccc(O)cc1)c1ccc(OCCCl)c(C#N)c1.CS(=O)(=O)c1ncoc1CCl.Cc1ccc(O)c(Br)c1.Cc1ccc(OCCCl)c(Br)c1.Cc1ccc(OCCCl)c(C#N)c1.O=C=O.O=C=O.O=C=O.[Br-].[CH3-].[Mg+2]. The largest absolute Gasteiger partial charge is 2.00 e. The van der Waals surface area contributed by atoms with Crippen molar-refractivity contribution in [2.24, 2.45) is 0 Å². The van der Waals surface area contributed by atoms with E-state index in [9.17, 15) is 44.6 Å². The number of phenols is 4. The summed E-state index contributed by atoms with van der Waals surface area (Å²) >= 11 is 48.7. The number of aromatic nitrogens is 1. The molecule has 0 amide bonds. The molecular weight excluding hydrogens is 2270 g/mol. The average Bonchev–Trinajstić information content (AvgIpc) is 0.892. The van der Waals surface area contributed by atoms with Gasteiger partial charge in [-0.05, 0) is 259 Å². The van der Waals surface area contributed by atoms with E-state index in [1.165, 1.54) is 11.6 Å². The number of hydrogen-bond acceptors (Lipinski definition) is 27. The van der Waals surface area contributed by atoms with Crippen LogP contribution in [-0.2, 0) is 66.3 Å². The van der Waals surface area contributed by atoms with Crippen LogP contribution >= 0.6 is 129 Å². The van der Waals surface area contributed by atoms with Crippen LogP contribution in [-0.4, -0.2) is 162 Å². The van der Waals surface area contributed by atoms with Gasteiger partial charge in [-0.3, -0.25) is 0 Å². The molecule has 142 heavy (non-hydrogen) atoms. The van der Waals surface area contributed by atoms with Gasteiger partial charge >= 0.3 is 41.5 Å². The maximum absolute atomic E-state index is 10.9. The normalized spacial score (nSPS) is 9.92. The van der Waals surface area contributed by atoms with Crippen molar-refractivity contribution in [1.82, 2.24) is 4.98 Å². The van der Waals surface area contributed by atoms with E-state index in [0.717, 1.165) is 71.9 Å². The second kappa shape index (κ2) is 71.6. The minimum atomic E-state index is -3.29. The van der Waals surface area contributed by atoms with Gasteiger partial charge in [-0.15, -0.1) is 81.2 Å². The van der Waals surface area contributed by atoms with Crippen molar-refractivity contribution in [3.63, 3.8) is 0 Å². The first-order chi connectivity index (χ1) is 65.8. The molecule has 10 aromatic carbocycles. The van der Waals surface area contributed by atoms with Gasteiger partial charge < -0.3 is 82.8 Å². The topological polar surface area (TPSA) is 462 Å². The van der Waals surface area contributed by atoms with E-state index < -0.39 is 20.9 Å². The molecule has 5 N–H and O–H groups in total. The summed E-state index contributed by atoms with van der Waals surface area (Å²) in [5, 5.41) is 102. The fourth-order valence-corrected chi connectivity index (χ4v) is 14.5. The maximum atomic E-state index is 10.9. The van der Waals surface area contributed by atoms with Crippen LogP contribution in [0.4, 0.5) is 0 Å². The van der Waals surface area contributed by atoms with Crippen LogP contribution in [0.1, 0.15) is 150 Å². The van der Waals surface area contributed by atoms with Crippen molar-refractivity contribution in [3.8, 4) is 93.9 Å². The molecule has 11 aromatic rings. The predicted molar refractivity (Wildman–Crippen MR) is 552 cm³/mol. The number of aryl methyl sites for hydroxylation is 3. The van der Waals surface area contributed by atoms with Gasteiger partial charge in [0, 0.05) is 22.5 Å². The van der Waals surface area contributed by atoms with E-state index in [0.29, 0.717) is 147 Å². The number of hydrogen-bond donors (Lipinski definition) is 5. The number of halogens is 11. The first-order valence-corrected chi connectivity index (χ1v) is 48.8. The van der Waals surface area contributed by atoms with Crippen LogP contribution in [0.25, 0.3) is 0 Å². The van der Waals surface area contributed by atoms with Crippen molar-refractivity contribution in [2.45, 2.75) is 109 Å². The Morgan fingerprint density at radius 3 is 0.901 bits per heavy atom. The first kappa shape index (κ1) is 135. The summed E-state index contributed by atoms with van der Waals surface area (Å²) < 4.78 is 61.3. The summed E-state index contributed by atoms with van der Waals surface area (Å²) in [6.45, 7) is 24.0. The number of benzene rings is 10. The fourth-order valence-electron chi connectivity index (χ4n) is 11.5. The quantitative estimate of drug-likeness (QED) is 0.0181. The van der Waals surface area contributed by atoms with Crippen LogP contribution in [0.2, 0.25) is 0 Å². The van der Waals surface area contributed by atoms with Crippen molar-refractivity contribution in [2.75, 3.05) is 81.2 Å². The van der Waals surface area contributed by atoms with Gasteiger partial charge in [0.05, 0.1) is 93.6 Å². The Morgan fingerprint density at radius 2 is 0.606 bits per heavy atom. The molecular formula is C102H102Br4Cl7MgN7O20S. The molecule has 1 heterocycles. The molecule has 750 valence electrons. The van der Waals surface area contributed by atoms with Crippen LogP contribution in [0, 0.1) is 96.2 Å². The van der Waals surface area contributed by atoms with Crippen molar-refractivity contribution >= 4 is 180 Å². The molecule has 0 aliphatic carbocycles. The third kappa shape index (κ3) is 47.1. The number of sulfone groups is 1. The summed E-state index contributed by atoms with van der Waals surface area (Å²) in [5.41, 5.74) is 10.5. The number of carbonyl (C=O) groups excluding carboxylic acids is 6. The van der Waals surface area contributed by atoms with Crippen molar-refractivity contribution < 1.29 is 113 Å². The molecule has 0 aliphatic heterocycles. The standard InChI is InChI=1S/C19H17ClN2O2.C18H17BrClNO2.C18H18ClNO2.C12H14ClNO2.C10H10ClNO.C9H10BrClO.C7H7BrO.C5H6ClNO3S.3CO2.CH3.BrH.Mg/c1-19(2,15-3-5-17(23)13(9-15)11-21)16-4-6-18(24-8-7-20)14(10-16)12-22;1-18(2,14-3-5-16(22)15(19)10-14)13-4-6-17(23-8-7-20)12(9-13)11-21;1-18(2,14-3-6-16(21)7-4-14)15-5-8-17(22-10-9-19)13(11-15)12-20;1-12(2,15)10-3-4-11(16-6-5-13)9(7-10)8-14;1-8-2-3-10(13-5-4-11)9(6-8)7-12;1-7-2-3-9(8(10)6-7)12-5-4-11;1-5-2-3-7(9)6(8)4-5;1-11(8,9)5-4(2-6)10-3-7-5;3*2-1-3;;;/h3-6,9-10,23H,7-8H2,1-2H3;3-6,9-10,22H,7-8H2,1-2H3;3-8,11,21H,9-10H2,1-2H3;3-4,7,15H,5-6H2,1-2H3;2-3,6H,4-5H2,1H3;2-3,6H,4-5H2,1H3;2-4,9H,1H3;3H,2H2,1H3;;;;1H3;1H;/q;;;;;;;;;;;-1;;+2/p-1. The molecule has 0 atom stereocenters. The summed E-state index contributed by atoms with van der Waals surface area (Å²) in [7, 11) is -3.29. The van der Waals surface area contributed by atoms with Gasteiger partial charge in [0.15, 0.2) is 27.0 Å². The summed E-state index contributed by atoms with van der Waals surface area (Å²) in [6.07, 6.45) is 2.87. The Morgan fingerprint density at radius 1 is 0.359 bits per heavy atom. The van der Waals surface area contributed by atoms with Crippen LogP contribution in [0.3, 0.4) is 0 Å². The zero-order chi connectivity index (χ0) is 105. The van der Waals surface area contributed by atoms with E-state index in [1.807, 2.05) is 144 Å². The third-order valence-electron chi connectivity index (χ3n) is 18.9. The van der Waals surface area contributed by atoms with E-state index >= 15 is 0 Å². The van der Waals surface area contributed by atoms with Gasteiger partial charge in [0.25, 0.3) is 0 Å². The van der Waals surface area contributed by atoms with E-state index in [1.54, 1.807) is 98.8 Å². The van der Waals surface area contributed by atoms with Crippen LogP contribution < -0.4 is 45.4 Å². The molecule has 0 bridgehead atoms. The monoisotopic (exact) mass is 2360 g/mol. The maximum Gasteiger partial charge on any atom is 2.00 e. The molecule has 0 radical (unpaired) electrons. The second-order valence-electron chi connectivity index (χ2n) is 30.2. The van der Waals surface area contributed by atoms with E-state index in [4.69, 9.17) is 164 Å². The average molecular weight is 2370 g/mol. The Balaban J connectivity index is -0.00000156. The molecule has 0 aliphatic rings. The van der Waals surface area contributed by atoms with Crippen LogP contribution in [0.15, 0.2) is 217 Å². The minimum absolute atomic E-state index is 0. The van der Waals surface area contributed by atoms with E-state index in [2.05, 4.69) is 105 Å². The minimum Gasteiger partial charge on any atom is -1.00 e. The zero-order valence-electron chi connectivity index (χ0n) is 79.4. The fraction of sp³-hybridized carbons (Fsp3) is 0.284. The Labute approximate surface area is 914 Å². The number of nitrogens with zero attached hydrogens (tertiary/aromatic N) is 7. The Kier molecular flexibility index (Phi) is 68.1. The van der Waals surface area contributed by atoms with Crippen molar-refractivity contribution in [3.05, 3.63) is 310 Å². The molecule has 0 fully saturated rings. The molecule has 0 spiro atoms. The Hall–Kier alpha value is -10.9. The summed E-state index contributed by atoms with van der Waals surface area (Å²) in [4.78, 5) is 52.3. The molecule has 0 unspecified atom stereocenters. The van der Waals surface area contributed by atoms with E-state index in [-0.39, 0.29) is 116 Å².